The minimum atomic E-state index is -1.11. The average Bonchev–Trinajstić information content (AvgIpc) is 2.38. The third-order valence-electron chi connectivity index (χ3n) is 2.15. The highest BCUT2D eigenvalue weighted by Crippen LogP contribution is 2.22. The SMILES string of the molecule is CNC(=O)CNC(=O)Nc1ccc(C(=O)O)cc1Cl. The summed E-state index contributed by atoms with van der Waals surface area (Å²) >= 11 is 5.82. The van der Waals surface area contributed by atoms with Crippen LogP contribution in [0, 0.1) is 0 Å². The molecule has 19 heavy (non-hydrogen) atoms. The fraction of sp³-hybridized carbons (Fsp3) is 0.182. The summed E-state index contributed by atoms with van der Waals surface area (Å²) in [5.74, 6) is -1.46. The molecule has 0 unspecified atom stereocenters. The first kappa shape index (κ1) is 14.8. The number of carbonyl (C=O) groups is 3. The van der Waals surface area contributed by atoms with E-state index < -0.39 is 12.0 Å². The van der Waals surface area contributed by atoms with Gasteiger partial charge in [0.05, 0.1) is 22.8 Å². The Morgan fingerprint density at radius 1 is 1.32 bits per heavy atom. The number of halogens is 1. The molecule has 0 aliphatic rings. The summed E-state index contributed by atoms with van der Waals surface area (Å²) in [6.07, 6.45) is 0. The van der Waals surface area contributed by atoms with Gasteiger partial charge < -0.3 is 21.1 Å². The van der Waals surface area contributed by atoms with Crippen LogP contribution in [0.25, 0.3) is 0 Å². The second kappa shape index (κ2) is 6.60. The molecule has 0 fully saturated rings. The van der Waals surface area contributed by atoms with Crippen LogP contribution in [0.15, 0.2) is 18.2 Å². The van der Waals surface area contributed by atoms with Gasteiger partial charge in [-0.3, -0.25) is 4.79 Å². The predicted molar refractivity (Wildman–Crippen MR) is 69.5 cm³/mol. The van der Waals surface area contributed by atoms with E-state index in [9.17, 15) is 14.4 Å². The molecule has 0 saturated heterocycles. The van der Waals surface area contributed by atoms with Gasteiger partial charge in [0.1, 0.15) is 0 Å². The van der Waals surface area contributed by atoms with Crippen molar-refractivity contribution in [1.82, 2.24) is 10.6 Å². The molecule has 0 saturated carbocycles. The lowest BCUT2D eigenvalue weighted by atomic mass is 10.2. The van der Waals surface area contributed by atoms with Crippen molar-refractivity contribution >= 4 is 35.2 Å². The standard InChI is InChI=1S/C11H12ClN3O4/c1-13-9(16)5-14-11(19)15-8-3-2-6(10(17)18)4-7(8)12/h2-4H,5H2,1H3,(H,13,16)(H,17,18)(H2,14,15,19). The molecule has 1 aromatic carbocycles. The monoisotopic (exact) mass is 285 g/mol. The Morgan fingerprint density at radius 3 is 2.53 bits per heavy atom. The number of amides is 3. The first-order valence-electron chi connectivity index (χ1n) is 5.22. The molecule has 1 rings (SSSR count). The molecule has 0 aliphatic heterocycles. The molecule has 0 bridgehead atoms. The zero-order valence-corrected chi connectivity index (χ0v) is 10.7. The van der Waals surface area contributed by atoms with Gasteiger partial charge in [-0.1, -0.05) is 11.6 Å². The summed E-state index contributed by atoms with van der Waals surface area (Å²) in [5.41, 5.74) is 0.266. The number of carboxylic acid groups (broad SMARTS) is 1. The number of urea groups is 1. The number of aromatic carboxylic acids is 1. The summed E-state index contributed by atoms with van der Waals surface area (Å²) in [6, 6.07) is 3.28. The Kier molecular flexibility index (Phi) is 5.13. The molecule has 1 aromatic rings. The first-order chi connectivity index (χ1) is 8.93. The Hall–Kier alpha value is -2.28. The number of nitrogens with one attached hydrogen (secondary N) is 3. The van der Waals surface area contributed by atoms with E-state index in [1.165, 1.54) is 25.2 Å². The summed E-state index contributed by atoms with van der Waals surface area (Å²) in [5, 5.41) is 15.9. The van der Waals surface area contributed by atoms with E-state index in [4.69, 9.17) is 16.7 Å². The van der Waals surface area contributed by atoms with Crippen molar-refractivity contribution in [2.24, 2.45) is 0 Å². The van der Waals surface area contributed by atoms with Gasteiger partial charge in [-0.15, -0.1) is 0 Å². The number of likely N-dealkylation sites (N-methyl/N-ethyl adjacent to an activating group) is 1. The topological polar surface area (TPSA) is 108 Å². The van der Waals surface area contributed by atoms with Gasteiger partial charge in [0.15, 0.2) is 0 Å². The molecule has 102 valence electrons. The van der Waals surface area contributed by atoms with Crippen LogP contribution in [-0.2, 0) is 4.79 Å². The third kappa shape index (κ3) is 4.47. The van der Waals surface area contributed by atoms with Crippen molar-refractivity contribution < 1.29 is 19.5 Å². The molecule has 0 aromatic heterocycles. The molecule has 3 amide bonds. The van der Waals surface area contributed by atoms with Crippen LogP contribution in [0.4, 0.5) is 10.5 Å². The molecule has 4 N–H and O–H groups in total. The molecule has 8 heteroatoms. The van der Waals surface area contributed by atoms with Crippen molar-refractivity contribution in [3.05, 3.63) is 28.8 Å². The van der Waals surface area contributed by atoms with Crippen LogP contribution in [0.1, 0.15) is 10.4 Å². The number of carboxylic acids is 1. The van der Waals surface area contributed by atoms with E-state index in [-0.39, 0.29) is 28.7 Å². The van der Waals surface area contributed by atoms with Gasteiger partial charge in [0.25, 0.3) is 0 Å². The van der Waals surface area contributed by atoms with E-state index in [0.29, 0.717) is 0 Å². The van der Waals surface area contributed by atoms with Crippen molar-refractivity contribution in [2.75, 3.05) is 18.9 Å². The van der Waals surface area contributed by atoms with Crippen molar-refractivity contribution in [3.63, 3.8) is 0 Å². The number of anilines is 1. The summed E-state index contributed by atoms with van der Waals surface area (Å²) in [6.45, 7) is -0.173. The fourth-order valence-electron chi connectivity index (χ4n) is 1.16. The Bertz CT molecular complexity index is 519. The molecular formula is C11H12ClN3O4. The average molecular weight is 286 g/mol. The minimum Gasteiger partial charge on any atom is -0.478 e. The predicted octanol–water partition coefficient (Wildman–Crippen LogP) is 0.906. The largest absolute Gasteiger partial charge is 0.478 e. The van der Waals surface area contributed by atoms with Crippen LogP contribution < -0.4 is 16.0 Å². The van der Waals surface area contributed by atoms with E-state index >= 15 is 0 Å². The maximum atomic E-state index is 11.4. The number of rotatable bonds is 4. The molecule has 0 atom stereocenters. The lowest BCUT2D eigenvalue weighted by Gasteiger charge is -2.09. The van der Waals surface area contributed by atoms with Crippen LogP contribution in [-0.4, -0.2) is 36.6 Å². The minimum absolute atomic E-state index is 0.0151. The van der Waals surface area contributed by atoms with Gasteiger partial charge in [-0.05, 0) is 18.2 Å². The van der Waals surface area contributed by atoms with Crippen LogP contribution >= 0.6 is 11.6 Å². The number of benzene rings is 1. The van der Waals surface area contributed by atoms with E-state index in [0.717, 1.165) is 0 Å². The first-order valence-corrected chi connectivity index (χ1v) is 5.60. The van der Waals surface area contributed by atoms with Gasteiger partial charge in [0, 0.05) is 7.05 Å². The van der Waals surface area contributed by atoms with Gasteiger partial charge in [0.2, 0.25) is 5.91 Å². The molecule has 0 aliphatic carbocycles. The zero-order valence-electron chi connectivity index (χ0n) is 9.99. The molecule has 0 spiro atoms. The van der Waals surface area contributed by atoms with Crippen LogP contribution in [0.5, 0.6) is 0 Å². The van der Waals surface area contributed by atoms with E-state index in [1.54, 1.807) is 0 Å². The quantitative estimate of drug-likeness (QED) is 0.659. The smallest absolute Gasteiger partial charge is 0.335 e. The van der Waals surface area contributed by atoms with Crippen molar-refractivity contribution in [2.45, 2.75) is 0 Å². The highest BCUT2D eigenvalue weighted by molar-refractivity contribution is 6.34. The Morgan fingerprint density at radius 2 is 2.00 bits per heavy atom. The fourth-order valence-corrected chi connectivity index (χ4v) is 1.39. The highest BCUT2D eigenvalue weighted by atomic mass is 35.5. The van der Waals surface area contributed by atoms with Gasteiger partial charge >= 0.3 is 12.0 Å². The molecule has 7 nitrogen and oxygen atoms in total. The third-order valence-corrected chi connectivity index (χ3v) is 2.47. The number of hydrogen-bond donors (Lipinski definition) is 4. The lowest BCUT2D eigenvalue weighted by molar-refractivity contribution is -0.119. The van der Waals surface area contributed by atoms with Crippen LogP contribution in [0.3, 0.4) is 0 Å². The lowest BCUT2D eigenvalue weighted by Crippen LogP contribution is -2.37. The van der Waals surface area contributed by atoms with Gasteiger partial charge in [-0.2, -0.15) is 0 Å². The maximum Gasteiger partial charge on any atom is 0.335 e. The van der Waals surface area contributed by atoms with Crippen LogP contribution in [0.2, 0.25) is 5.02 Å². The zero-order chi connectivity index (χ0) is 14.4. The normalized spacial score (nSPS) is 9.58. The second-order valence-electron chi connectivity index (χ2n) is 3.48. The molecular weight excluding hydrogens is 274 g/mol. The summed E-state index contributed by atoms with van der Waals surface area (Å²) < 4.78 is 0. The van der Waals surface area contributed by atoms with E-state index in [1.807, 2.05) is 0 Å². The van der Waals surface area contributed by atoms with Gasteiger partial charge in [-0.25, -0.2) is 9.59 Å². The van der Waals surface area contributed by atoms with Crippen molar-refractivity contribution in [3.8, 4) is 0 Å². The van der Waals surface area contributed by atoms with E-state index in [2.05, 4.69) is 16.0 Å². The Balaban J connectivity index is 2.64. The molecule has 0 heterocycles. The summed E-state index contributed by atoms with van der Waals surface area (Å²) in [7, 11) is 1.45. The second-order valence-corrected chi connectivity index (χ2v) is 3.89. The highest BCUT2D eigenvalue weighted by Gasteiger charge is 2.10. The summed E-state index contributed by atoms with van der Waals surface area (Å²) in [4.78, 5) is 33.0. The number of hydrogen-bond acceptors (Lipinski definition) is 3. The van der Waals surface area contributed by atoms with Crippen molar-refractivity contribution in [1.29, 1.82) is 0 Å². The Labute approximate surface area is 113 Å². The number of carbonyl (C=O) groups excluding carboxylic acids is 2. The maximum absolute atomic E-state index is 11.4. The molecule has 0 radical (unpaired) electrons.